The van der Waals surface area contributed by atoms with Gasteiger partial charge in [0.05, 0.1) is 24.4 Å². The van der Waals surface area contributed by atoms with Gasteiger partial charge in [-0.3, -0.25) is 14.5 Å². The summed E-state index contributed by atoms with van der Waals surface area (Å²) < 4.78 is 10.6. The molecule has 8 nitrogen and oxygen atoms in total. The van der Waals surface area contributed by atoms with E-state index in [1.54, 1.807) is 25.1 Å². The van der Waals surface area contributed by atoms with Gasteiger partial charge >= 0.3 is 11.9 Å². The van der Waals surface area contributed by atoms with Crippen LogP contribution in [0.15, 0.2) is 48.0 Å². The van der Waals surface area contributed by atoms with E-state index < -0.39 is 23.7 Å². The average molecular weight is 519 g/mol. The second-order valence-corrected chi connectivity index (χ2v) is 10.1. The Bertz CT molecular complexity index is 1460. The third-order valence-electron chi connectivity index (χ3n) is 6.68. The van der Waals surface area contributed by atoms with Gasteiger partial charge in [0.15, 0.2) is 5.13 Å². The van der Waals surface area contributed by atoms with Gasteiger partial charge in [0.2, 0.25) is 0 Å². The summed E-state index contributed by atoms with van der Waals surface area (Å²) in [5, 5.41) is 11.6. The van der Waals surface area contributed by atoms with Crippen molar-refractivity contribution in [3.05, 3.63) is 80.9 Å². The number of methoxy groups -OCH3 is 1. The highest BCUT2D eigenvalue weighted by Crippen LogP contribution is 2.44. The fourth-order valence-corrected chi connectivity index (χ4v) is 5.78. The highest BCUT2D eigenvalue weighted by atomic mass is 32.1. The summed E-state index contributed by atoms with van der Waals surface area (Å²) in [5.74, 6) is -1.75. The average Bonchev–Trinajstić information content (AvgIpc) is 3.55. The third-order valence-corrected chi connectivity index (χ3v) is 7.82. The van der Waals surface area contributed by atoms with Gasteiger partial charge in [0, 0.05) is 12.0 Å². The number of esters is 1. The number of aliphatic hydroxyl groups is 1. The van der Waals surface area contributed by atoms with E-state index in [0.29, 0.717) is 23.2 Å². The van der Waals surface area contributed by atoms with Crippen LogP contribution in [0.3, 0.4) is 0 Å². The number of fused-ring (bicyclic) bond motifs is 1. The van der Waals surface area contributed by atoms with E-state index in [1.807, 2.05) is 38.1 Å². The van der Waals surface area contributed by atoms with E-state index in [1.165, 1.54) is 12.0 Å². The van der Waals surface area contributed by atoms with Crippen LogP contribution < -0.4 is 9.64 Å². The highest BCUT2D eigenvalue weighted by Gasteiger charge is 2.48. The van der Waals surface area contributed by atoms with Crippen LogP contribution in [-0.4, -0.2) is 41.0 Å². The molecule has 2 aromatic carbocycles. The lowest BCUT2D eigenvalue weighted by Crippen LogP contribution is -2.29. The molecule has 37 heavy (non-hydrogen) atoms. The monoisotopic (exact) mass is 518 g/mol. The first-order valence-electron chi connectivity index (χ1n) is 12.0. The van der Waals surface area contributed by atoms with Gasteiger partial charge in [-0.05, 0) is 55.2 Å². The molecule has 2 aliphatic rings. The number of aliphatic hydroxyl groups excluding tert-OH is 1. The maximum absolute atomic E-state index is 13.4. The standard InChI is InChI=1S/C28H26N2O6S/c1-5-16-6-8-17(9-7-16)22-21(23(31)18-10-11-20-19(13-18)12-14(2)36-20)24(32)26(33)30(22)28-29-15(3)25(37-28)27(34)35-4/h6-11,13-14,22,31H,5,12H2,1-4H3/b23-21+. The zero-order valence-corrected chi connectivity index (χ0v) is 21.7. The van der Waals surface area contributed by atoms with Crippen LogP contribution in [0.25, 0.3) is 5.76 Å². The minimum Gasteiger partial charge on any atom is -0.507 e. The van der Waals surface area contributed by atoms with E-state index in [-0.39, 0.29) is 27.4 Å². The molecule has 1 aromatic heterocycles. The maximum Gasteiger partial charge on any atom is 0.350 e. The fraction of sp³-hybridized carbons (Fsp3) is 0.286. The topological polar surface area (TPSA) is 106 Å². The molecule has 2 unspecified atom stereocenters. The Morgan fingerprint density at radius 2 is 1.95 bits per heavy atom. The summed E-state index contributed by atoms with van der Waals surface area (Å²) in [6, 6.07) is 11.9. The third kappa shape index (κ3) is 4.19. The van der Waals surface area contributed by atoms with Crippen LogP contribution in [0.1, 0.15) is 57.5 Å². The molecule has 2 aliphatic heterocycles. The fourth-order valence-electron chi connectivity index (χ4n) is 4.77. The number of carbonyl (C=O) groups is 3. The van der Waals surface area contributed by atoms with Crippen molar-refractivity contribution in [2.45, 2.75) is 45.8 Å². The predicted molar refractivity (Wildman–Crippen MR) is 139 cm³/mol. The van der Waals surface area contributed by atoms with Gasteiger partial charge in [0.25, 0.3) is 5.78 Å². The summed E-state index contributed by atoms with van der Waals surface area (Å²) >= 11 is 0.974. The second kappa shape index (κ2) is 9.48. The number of rotatable bonds is 5. The van der Waals surface area contributed by atoms with Gasteiger partial charge in [-0.25, -0.2) is 9.78 Å². The molecule has 2 atom stereocenters. The Balaban J connectivity index is 1.68. The first-order chi connectivity index (χ1) is 17.7. The molecule has 0 saturated carbocycles. The molecular formula is C28H26N2O6S. The Hall–Kier alpha value is -3.98. The number of amides is 1. The number of anilines is 1. The lowest BCUT2D eigenvalue weighted by atomic mass is 9.94. The summed E-state index contributed by atoms with van der Waals surface area (Å²) in [4.78, 5) is 45.0. The van der Waals surface area contributed by atoms with Crippen LogP contribution in [0.2, 0.25) is 0 Å². The van der Waals surface area contributed by atoms with Crippen LogP contribution in [-0.2, 0) is 27.2 Å². The number of thiazole rings is 1. The van der Waals surface area contributed by atoms with Crippen LogP contribution in [0.4, 0.5) is 5.13 Å². The van der Waals surface area contributed by atoms with Crippen molar-refractivity contribution in [1.82, 2.24) is 4.98 Å². The lowest BCUT2D eigenvalue weighted by molar-refractivity contribution is -0.132. The molecule has 5 rings (SSSR count). The molecule has 3 aromatic rings. The molecular weight excluding hydrogens is 492 g/mol. The summed E-state index contributed by atoms with van der Waals surface area (Å²) in [7, 11) is 1.27. The number of hydrogen-bond acceptors (Lipinski definition) is 8. The molecule has 0 bridgehead atoms. The number of ketones is 1. The number of Topliss-reactive ketones (excluding diaryl/α,β-unsaturated/α-hetero) is 1. The number of hydrogen-bond donors (Lipinski definition) is 1. The van der Waals surface area contributed by atoms with Gasteiger partial charge in [0.1, 0.15) is 22.5 Å². The van der Waals surface area contributed by atoms with E-state index in [9.17, 15) is 19.5 Å². The first-order valence-corrected chi connectivity index (χ1v) is 12.8. The van der Waals surface area contributed by atoms with Crippen LogP contribution in [0, 0.1) is 6.92 Å². The molecule has 1 fully saturated rings. The van der Waals surface area contributed by atoms with Crippen molar-refractivity contribution in [2.24, 2.45) is 0 Å². The zero-order valence-electron chi connectivity index (χ0n) is 20.9. The van der Waals surface area contributed by atoms with Crippen LogP contribution in [0.5, 0.6) is 5.75 Å². The Labute approximate surface area is 218 Å². The maximum atomic E-state index is 13.4. The summed E-state index contributed by atoms with van der Waals surface area (Å²) in [6.07, 6.45) is 1.53. The number of carbonyl (C=O) groups excluding carboxylic acids is 3. The predicted octanol–water partition coefficient (Wildman–Crippen LogP) is 4.75. The van der Waals surface area contributed by atoms with Gasteiger partial charge in [-0.15, -0.1) is 0 Å². The van der Waals surface area contributed by atoms with Crippen molar-refractivity contribution in [2.75, 3.05) is 12.0 Å². The molecule has 0 radical (unpaired) electrons. The van der Waals surface area contributed by atoms with Gasteiger partial charge in [-0.1, -0.05) is 42.5 Å². The number of benzene rings is 2. The van der Waals surface area contributed by atoms with E-state index in [2.05, 4.69) is 4.98 Å². The molecule has 1 amide bonds. The molecule has 1 N–H and O–H groups in total. The summed E-state index contributed by atoms with van der Waals surface area (Å²) in [5.41, 5.74) is 3.44. The molecule has 190 valence electrons. The smallest absolute Gasteiger partial charge is 0.350 e. The lowest BCUT2D eigenvalue weighted by Gasteiger charge is -2.23. The molecule has 0 aliphatic carbocycles. The van der Waals surface area contributed by atoms with E-state index in [4.69, 9.17) is 9.47 Å². The minimum absolute atomic E-state index is 0.0206. The molecule has 3 heterocycles. The molecule has 1 saturated heterocycles. The van der Waals surface area contributed by atoms with Crippen molar-refractivity contribution in [1.29, 1.82) is 0 Å². The highest BCUT2D eigenvalue weighted by molar-refractivity contribution is 7.17. The van der Waals surface area contributed by atoms with E-state index in [0.717, 1.165) is 34.6 Å². The Morgan fingerprint density at radius 3 is 2.62 bits per heavy atom. The Kier molecular flexibility index (Phi) is 6.33. The minimum atomic E-state index is -0.926. The van der Waals surface area contributed by atoms with Gasteiger partial charge in [-0.2, -0.15) is 0 Å². The zero-order chi connectivity index (χ0) is 26.4. The number of aromatic nitrogens is 1. The number of nitrogens with zero attached hydrogens (tertiary/aromatic N) is 2. The van der Waals surface area contributed by atoms with Crippen molar-refractivity contribution >= 4 is 39.9 Å². The van der Waals surface area contributed by atoms with Crippen molar-refractivity contribution in [3.8, 4) is 5.75 Å². The number of ether oxygens (including phenoxy) is 2. The summed E-state index contributed by atoms with van der Waals surface area (Å²) in [6.45, 7) is 5.64. The van der Waals surface area contributed by atoms with Gasteiger partial charge < -0.3 is 14.6 Å². The quantitative estimate of drug-likeness (QED) is 0.225. The van der Waals surface area contributed by atoms with Crippen molar-refractivity contribution < 1.29 is 29.0 Å². The second-order valence-electron chi connectivity index (χ2n) is 9.12. The number of aryl methyl sites for hydroxylation is 2. The van der Waals surface area contributed by atoms with Crippen molar-refractivity contribution in [3.63, 3.8) is 0 Å². The largest absolute Gasteiger partial charge is 0.507 e. The van der Waals surface area contributed by atoms with Crippen LogP contribution >= 0.6 is 11.3 Å². The molecule has 0 spiro atoms. The normalized spacial score (nSPS) is 20.2. The van der Waals surface area contributed by atoms with E-state index >= 15 is 0 Å². The SMILES string of the molecule is CCc1ccc(C2/C(=C(\O)c3ccc4c(c3)CC(C)O4)C(=O)C(=O)N2c2nc(C)c(C(=O)OC)s2)cc1. The first kappa shape index (κ1) is 24.7. The molecule has 9 heteroatoms. The Morgan fingerprint density at radius 1 is 1.22 bits per heavy atom.